The van der Waals surface area contributed by atoms with E-state index in [9.17, 15) is 4.79 Å². The molecule has 1 N–H and O–H groups in total. The highest BCUT2D eigenvalue weighted by Crippen LogP contribution is 2.23. The Labute approximate surface area is 105 Å². The molecule has 0 aliphatic carbocycles. The number of nitrogens with zero attached hydrogens (tertiary/aromatic N) is 2. The molecule has 2 aromatic heterocycles. The van der Waals surface area contributed by atoms with Gasteiger partial charge in [-0.05, 0) is 35.6 Å². The Kier molecular flexibility index (Phi) is 4.02. The van der Waals surface area contributed by atoms with Gasteiger partial charge < -0.3 is 5.11 Å². The van der Waals surface area contributed by atoms with Crippen LogP contribution in [0.2, 0.25) is 0 Å². The van der Waals surface area contributed by atoms with Gasteiger partial charge in [0.1, 0.15) is 0 Å². The van der Waals surface area contributed by atoms with Gasteiger partial charge in [0.2, 0.25) is 0 Å². The summed E-state index contributed by atoms with van der Waals surface area (Å²) in [5.41, 5.74) is 1.98. The van der Waals surface area contributed by atoms with E-state index in [0.29, 0.717) is 6.42 Å². The van der Waals surface area contributed by atoms with Gasteiger partial charge in [-0.15, -0.1) is 0 Å². The molecule has 0 fully saturated rings. The summed E-state index contributed by atoms with van der Waals surface area (Å²) in [4.78, 5) is 19.0. The first-order chi connectivity index (χ1) is 8.75. The molecule has 18 heavy (non-hydrogen) atoms. The van der Waals surface area contributed by atoms with Crippen LogP contribution in [0.4, 0.5) is 0 Å². The summed E-state index contributed by atoms with van der Waals surface area (Å²) in [6.45, 7) is 0. The predicted molar refractivity (Wildman–Crippen MR) is 67.2 cm³/mol. The predicted octanol–water partition coefficient (Wildman–Crippen LogP) is 2.28. The molecule has 0 spiro atoms. The van der Waals surface area contributed by atoms with Gasteiger partial charge in [-0.3, -0.25) is 14.8 Å². The number of aliphatic carboxylic acids is 1. The van der Waals surface area contributed by atoms with E-state index in [2.05, 4.69) is 9.97 Å². The third-order valence-electron chi connectivity index (χ3n) is 2.78. The maximum absolute atomic E-state index is 10.9. The molecular formula is C14H14N2O2. The highest BCUT2D eigenvalue weighted by Gasteiger charge is 2.16. The molecule has 92 valence electrons. The molecule has 0 saturated carbocycles. The average Bonchev–Trinajstić information content (AvgIpc) is 2.40. The minimum absolute atomic E-state index is 0.0691. The van der Waals surface area contributed by atoms with Crippen molar-refractivity contribution in [1.82, 2.24) is 9.97 Å². The lowest BCUT2D eigenvalue weighted by molar-refractivity contribution is -0.137. The molecule has 1 atom stereocenters. The van der Waals surface area contributed by atoms with E-state index in [1.807, 2.05) is 24.3 Å². The maximum Gasteiger partial charge on any atom is 0.303 e. The molecule has 0 aromatic carbocycles. The molecule has 1 unspecified atom stereocenters. The topological polar surface area (TPSA) is 63.1 Å². The van der Waals surface area contributed by atoms with Gasteiger partial charge >= 0.3 is 5.97 Å². The zero-order chi connectivity index (χ0) is 12.8. The lowest BCUT2D eigenvalue weighted by Crippen LogP contribution is -2.09. The fraction of sp³-hybridized carbons (Fsp3) is 0.214. The Morgan fingerprint density at radius 2 is 1.89 bits per heavy atom. The van der Waals surface area contributed by atoms with Crippen LogP contribution >= 0.6 is 0 Å². The molecule has 0 bridgehead atoms. The summed E-state index contributed by atoms with van der Waals surface area (Å²) in [7, 11) is 0. The van der Waals surface area contributed by atoms with Gasteiger partial charge in [-0.25, -0.2) is 0 Å². The summed E-state index contributed by atoms with van der Waals surface area (Å²) >= 11 is 0. The largest absolute Gasteiger partial charge is 0.481 e. The molecular weight excluding hydrogens is 228 g/mol. The quantitative estimate of drug-likeness (QED) is 0.873. The van der Waals surface area contributed by atoms with Crippen LogP contribution in [0.15, 0.2) is 49.1 Å². The van der Waals surface area contributed by atoms with Crippen LogP contribution in [-0.4, -0.2) is 21.0 Å². The van der Waals surface area contributed by atoms with Crippen LogP contribution in [0.3, 0.4) is 0 Å². The van der Waals surface area contributed by atoms with Gasteiger partial charge in [-0.1, -0.05) is 12.1 Å². The van der Waals surface area contributed by atoms with Crippen LogP contribution in [-0.2, 0) is 11.2 Å². The first-order valence-electron chi connectivity index (χ1n) is 5.76. The van der Waals surface area contributed by atoms with Crippen molar-refractivity contribution in [3.05, 3.63) is 60.2 Å². The van der Waals surface area contributed by atoms with Crippen LogP contribution in [0.5, 0.6) is 0 Å². The minimum atomic E-state index is -0.798. The van der Waals surface area contributed by atoms with Gasteiger partial charge in [-0.2, -0.15) is 0 Å². The molecule has 4 nitrogen and oxygen atoms in total. The lowest BCUT2D eigenvalue weighted by atomic mass is 9.91. The van der Waals surface area contributed by atoms with Crippen molar-refractivity contribution in [3.8, 4) is 0 Å². The number of hydrogen-bond acceptors (Lipinski definition) is 3. The normalized spacial score (nSPS) is 12.0. The third-order valence-corrected chi connectivity index (χ3v) is 2.78. The van der Waals surface area contributed by atoms with Crippen LogP contribution in [0.25, 0.3) is 0 Å². The van der Waals surface area contributed by atoms with Crippen LogP contribution < -0.4 is 0 Å². The highest BCUT2D eigenvalue weighted by molar-refractivity contribution is 5.68. The van der Waals surface area contributed by atoms with Crippen molar-refractivity contribution in [3.63, 3.8) is 0 Å². The van der Waals surface area contributed by atoms with Crippen LogP contribution in [0.1, 0.15) is 23.5 Å². The maximum atomic E-state index is 10.9. The molecule has 2 heterocycles. The molecule has 2 aromatic rings. The van der Waals surface area contributed by atoms with Crippen molar-refractivity contribution in [2.45, 2.75) is 18.8 Å². The number of carbonyl (C=O) groups is 1. The van der Waals surface area contributed by atoms with Crippen molar-refractivity contribution < 1.29 is 9.90 Å². The summed E-state index contributed by atoms with van der Waals surface area (Å²) < 4.78 is 0. The van der Waals surface area contributed by atoms with E-state index < -0.39 is 5.97 Å². The van der Waals surface area contributed by atoms with E-state index in [-0.39, 0.29) is 12.3 Å². The second-order valence-electron chi connectivity index (χ2n) is 4.15. The first kappa shape index (κ1) is 12.2. The lowest BCUT2D eigenvalue weighted by Gasteiger charge is -2.14. The van der Waals surface area contributed by atoms with E-state index >= 15 is 0 Å². The second-order valence-corrected chi connectivity index (χ2v) is 4.15. The number of aromatic nitrogens is 2. The Morgan fingerprint density at radius 3 is 2.44 bits per heavy atom. The Balaban J connectivity index is 2.18. The fourth-order valence-electron chi connectivity index (χ4n) is 1.94. The first-order valence-corrected chi connectivity index (χ1v) is 5.76. The molecule has 0 radical (unpaired) electrons. The van der Waals surface area contributed by atoms with E-state index in [4.69, 9.17) is 5.11 Å². The second kappa shape index (κ2) is 5.91. The number of rotatable bonds is 5. The zero-order valence-corrected chi connectivity index (χ0v) is 9.86. The summed E-state index contributed by atoms with van der Waals surface area (Å²) in [5.74, 6) is -0.867. The third kappa shape index (κ3) is 3.38. The Bertz CT molecular complexity index is 500. The number of carboxylic acid groups (broad SMARTS) is 1. The molecule has 0 saturated heterocycles. The van der Waals surface area contributed by atoms with Crippen LogP contribution in [0, 0.1) is 0 Å². The zero-order valence-electron chi connectivity index (χ0n) is 9.86. The minimum Gasteiger partial charge on any atom is -0.481 e. The Morgan fingerprint density at radius 1 is 1.17 bits per heavy atom. The molecule has 0 aliphatic heterocycles. The van der Waals surface area contributed by atoms with E-state index in [1.165, 1.54) is 0 Å². The van der Waals surface area contributed by atoms with Gasteiger partial charge in [0.15, 0.2) is 0 Å². The smallest absolute Gasteiger partial charge is 0.303 e. The van der Waals surface area contributed by atoms with Crippen molar-refractivity contribution in [2.24, 2.45) is 0 Å². The fourth-order valence-corrected chi connectivity index (χ4v) is 1.94. The summed E-state index contributed by atoms with van der Waals surface area (Å²) in [6, 6.07) is 7.55. The van der Waals surface area contributed by atoms with Gasteiger partial charge in [0, 0.05) is 24.8 Å². The Hall–Kier alpha value is -2.23. The van der Waals surface area contributed by atoms with Gasteiger partial charge in [0.25, 0.3) is 0 Å². The summed E-state index contributed by atoms with van der Waals surface area (Å²) in [5, 5.41) is 8.99. The number of hydrogen-bond donors (Lipinski definition) is 1. The van der Waals surface area contributed by atoms with Crippen molar-refractivity contribution in [1.29, 1.82) is 0 Å². The summed E-state index contributed by atoms with van der Waals surface area (Å²) in [6.07, 6.45) is 7.65. The SMILES string of the molecule is O=C(O)CC(Cc1cccnc1)c1cccnc1. The van der Waals surface area contributed by atoms with Crippen molar-refractivity contribution >= 4 is 5.97 Å². The van der Waals surface area contributed by atoms with Gasteiger partial charge in [0.05, 0.1) is 6.42 Å². The highest BCUT2D eigenvalue weighted by atomic mass is 16.4. The van der Waals surface area contributed by atoms with E-state index in [1.54, 1.807) is 24.8 Å². The monoisotopic (exact) mass is 242 g/mol. The van der Waals surface area contributed by atoms with E-state index in [0.717, 1.165) is 11.1 Å². The molecule has 0 aliphatic rings. The molecule has 4 heteroatoms. The number of carboxylic acids is 1. The standard InChI is InChI=1S/C14H14N2O2/c17-14(18)8-13(12-4-2-6-16-10-12)7-11-3-1-5-15-9-11/h1-6,9-10,13H,7-8H2,(H,17,18). The average molecular weight is 242 g/mol. The molecule has 0 amide bonds. The number of pyridine rings is 2. The van der Waals surface area contributed by atoms with Crippen molar-refractivity contribution in [2.75, 3.05) is 0 Å². The molecule has 2 rings (SSSR count).